The van der Waals surface area contributed by atoms with E-state index in [1.54, 1.807) is 18.3 Å². The molecule has 0 bridgehead atoms. The minimum Gasteiger partial charge on any atom is -0.399 e. The second-order valence-electron chi connectivity index (χ2n) is 5.21. The van der Waals surface area contributed by atoms with Crippen LogP contribution in [-0.2, 0) is 6.42 Å². The van der Waals surface area contributed by atoms with Gasteiger partial charge in [0.25, 0.3) is 5.91 Å². The van der Waals surface area contributed by atoms with E-state index in [1.165, 1.54) is 11.1 Å². The molecule has 0 saturated heterocycles. The molecule has 0 radical (unpaired) electrons. The number of nitrogen functional groups attached to an aromatic ring is 1. The highest BCUT2D eigenvalue weighted by molar-refractivity contribution is 5.94. The molecule has 0 fully saturated rings. The first-order valence-corrected chi connectivity index (χ1v) is 6.75. The molecule has 0 aliphatic heterocycles. The first kappa shape index (κ1) is 12.7. The Bertz CT molecular complexity index is 667. The Kier molecular flexibility index (Phi) is 3.14. The third-order valence-corrected chi connectivity index (χ3v) is 3.71. The minimum atomic E-state index is -0.0508. The van der Waals surface area contributed by atoms with Crippen molar-refractivity contribution in [2.45, 2.75) is 25.8 Å². The maximum atomic E-state index is 12.3. The molecule has 4 heteroatoms. The topological polar surface area (TPSA) is 68.0 Å². The van der Waals surface area contributed by atoms with Gasteiger partial charge in [-0.25, -0.2) is 0 Å². The van der Waals surface area contributed by atoms with Crippen molar-refractivity contribution in [2.24, 2.45) is 0 Å². The number of benzene rings is 1. The predicted molar refractivity (Wildman–Crippen MR) is 78.4 cm³/mol. The van der Waals surface area contributed by atoms with Crippen molar-refractivity contribution in [3.05, 3.63) is 58.9 Å². The van der Waals surface area contributed by atoms with E-state index < -0.39 is 0 Å². The Balaban J connectivity index is 1.79. The lowest BCUT2D eigenvalue weighted by Crippen LogP contribution is -2.27. The molecule has 1 amide bonds. The molecule has 102 valence electrons. The second kappa shape index (κ2) is 4.96. The molecular weight excluding hydrogens is 250 g/mol. The fourth-order valence-corrected chi connectivity index (χ4v) is 2.72. The molecule has 4 nitrogen and oxygen atoms in total. The average Bonchev–Trinajstić information content (AvgIpc) is 2.81. The summed E-state index contributed by atoms with van der Waals surface area (Å²) in [6, 6.07) is 9.51. The predicted octanol–water partition coefficient (Wildman–Crippen LogP) is 2.39. The highest BCUT2D eigenvalue weighted by Gasteiger charge is 2.24. The SMILES string of the molecule is Cc1cc(C(=O)NC2CCc3cc(N)ccc32)ccn1. The van der Waals surface area contributed by atoms with Crippen LogP contribution in [0.1, 0.15) is 39.6 Å². The van der Waals surface area contributed by atoms with E-state index in [0.717, 1.165) is 24.2 Å². The van der Waals surface area contributed by atoms with E-state index in [2.05, 4.69) is 10.3 Å². The summed E-state index contributed by atoms with van der Waals surface area (Å²) in [4.78, 5) is 16.4. The number of nitrogens with two attached hydrogens (primary N) is 1. The van der Waals surface area contributed by atoms with Gasteiger partial charge in [0.2, 0.25) is 0 Å². The summed E-state index contributed by atoms with van der Waals surface area (Å²) in [6.07, 6.45) is 3.54. The number of aromatic nitrogens is 1. The fraction of sp³-hybridized carbons (Fsp3) is 0.250. The van der Waals surface area contributed by atoms with Crippen LogP contribution in [0, 0.1) is 6.92 Å². The van der Waals surface area contributed by atoms with E-state index in [4.69, 9.17) is 5.73 Å². The minimum absolute atomic E-state index is 0.0508. The van der Waals surface area contributed by atoms with Crippen molar-refractivity contribution in [3.63, 3.8) is 0 Å². The van der Waals surface area contributed by atoms with Gasteiger partial charge in [-0.1, -0.05) is 6.07 Å². The zero-order valence-electron chi connectivity index (χ0n) is 11.4. The van der Waals surface area contributed by atoms with Crippen molar-refractivity contribution >= 4 is 11.6 Å². The van der Waals surface area contributed by atoms with E-state index in [0.29, 0.717) is 5.56 Å². The monoisotopic (exact) mass is 267 g/mol. The van der Waals surface area contributed by atoms with E-state index in [1.807, 2.05) is 25.1 Å². The van der Waals surface area contributed by atoms with Crippen LogP contribution in [0.15, 0.2) is 36.5 Å². The smallest absolute Gasteiger partial charge is 0.251 e. The van der Waals surface area contributed by atoms with Gasteiger partial charge >= 0.3 is 0 Å². The van der Waals surface area contributed by atoms with E-state index >= 15 is 0 Å². The quantitative estimate of drug-likeness (QED) is 0.821. The number of anilines is 1. The van der Waals surface area contributed by atoms with Crippen LogP contribution in [0.5, 0.6) is 0 Å². The number of hydrogen-bond acceptors (Lipinski definition) is 3. The first-order chi connectivity index (χ1) is 9.63. The molecule has 1 aromatic carbocycles. The number of carbonyl (C=O) groups is 1. The van der Waals surface area contributed by atoms with Crippen LogP contribution >= 0.6 is 0 Å². The van der Waals surface area contributed by atoms with Gasteiger partial charge in [-0.15, -0.1) is 0 Å². The lowest BCUT2D eigenvalue weighted by atomic mass is 10.1. The number of aryl methyl sites for hydroxylation is 2. The summed E-state index contributed by atoms with van der Waals surface area (Å²) in [5.41, 5.74) is 10.5. The van der Waals surface area contributed by atoms with Crippen LogP contribution in [0.25, 0.3) is 0 Å². The van der Waals surface area contributed by atoms with E-state index in [-0.39, 0.29) is 11.9 Å². The van der Waals surface area contributed by atoms with Crippen LogP contribution in [-0.4, -0.2) is 10.9 Å². The van der Waals surface area contributed by atoms with Crippen LogP contribution in [0.4, 0.5) is 5.69 Å². The third kappa shape index (κ3) is 2.37. The average molecular weight is 267 g/mol. The summed E-state index contributed by atoms with van der Waals surface area (Å²) >= 11 is 0. The fourth-order valence-electron chi connectivity index (χ4n) is 2.72. The van der Waals surface area contributed by atoms with Crippen LogP contribution in [0.3, 0.4) is 0 Å². The van der Waals surface area contributed by atoms with Gasteiger partial charge in [-0.2, -0.15) is 0 Å². The summed E-state index contributed by atoms with van der Waals surface area (Å²) in [6.45, 7) is 1.88. The Labute approximate surface area is 118 Å². The molecule has 1 heterocycles. The Hall–Kier alpha value is -2.36. The van der Waals surface area contributed by atoms with Crippen molar-refractivity contribution in [2.75, 3.05) is 5.73 Å². The number of carbonyl (C=O) groups excluding carboxylic acids is 1. The summed E-state index contributed by atoms with van der Waals surface area (Å²) in [5, 5.41) is 3.09. The molecule has 3 rings (SSSR count). The largest absolute Gasteiger partial charge is 0.399 e. The maximum Gasteiger partial charge on any atom is 0.251 e. The highest BCUT2D eigenvalue weighted by atomic mass is 16.1. The lowest BCUT2D eigenvalue weighted by Gasteiger charge is -2.14. The molecular formula is C16H17N3O. The Morgan fingerprint density at radius 2 is 2.20 bits per heavy atom. The molecule has 1 aromatic heterocycles. The third-order valence-electron chi connectivity index (χ3n) is 3.71. The second-order valence-corrected chi connectivity index (χ2v) is 5.21. The van der Waals surface area contributed by atoms with Gasteiger partial charge in [0.1, 0.15) is 0 Å². The van der Waals surface area contributed by atoms with Crippen LogP contribution in [0.2, 0.25) is 0 Å². The zero-order chi connectivity index (χ0) is 14.1. The Morgan fingerprint density at radius 1 is 1.35 bits per heavy atom. The van der Waals surface area contributed by atoms with Gasteiger partial charge in [-0.05, 0) is 55.2 Å². The van der Waals surface area contributed by atoms with Crippen molar-refractivity contribution in [1.29, 1.82) is 0 Å². The standard InChI is InChI=1S/C16H17N3O/c1-10-8-12(6-7-18-10)16(20)19-15-5-2-11-9-13(17)3-4-14(11)15/h3-4,6-9,15H,2,5,17H2,1H3,(H,19,20). The number of rotatable bonds is 2. The van der Waals surface area contributed by atoms with Gasteiger partial charge in [0, 0.05) is 23.1 Å². The lowest BCUT2D eigenvalue weighted by molar-refractivity contribution is 0.0936. The normalized spacial score (nSPS) is 16.8. The van der Waals surface area contributed by atoms with Crippen molar-refractivity contribution in [1.82, 2.24) is 10.3 Å². The number of nitrogens with zero attached hydrogens (tertiary/aromatic N) is 1. The molecule has 2 aromatic rings. The van der Waals surface area contributed by atoms with Crippen molar-refractivity contribution < 1.29 is 4.79 Å². The summed E-state index contributed by atoms with van der Waals surface area (Å²) in [7, 11) is 0. The van der Waals surface area contributed by atoms with Gasteiger partial charge in [0.15, 0.2) is 0 Å². The number of nitrogens with one attached hydrogen (secondary N) is 1. The van der Waals surface area contributed by atoms with Crippen molar-refractivity contribution in [3.8, 4) is 0 Å². The zero-order valence-corrected chi connectivity index (χ0v) is 11.4. The number of fused-ring (bicyclic) bond motifs is 1. The molecule has 1 aliphatic carbocycles. The Morgan fingerprint density at radius 3 is 3.00 bits per heavy atom. The molecule has 0 saturated carbocycles. The van der Waals surface area contributed by atoms with Gasteiger partial charge in [-0.3, -0.25) is 9.78 Å². The molecule has 1 aliphatic rings. The maximum absolute atomic E-state index is 12.3. The van der Waals surface area contributed by atoms with E-state index in [9.17, 15) is 4.79 Å². The molecule has 3 N–H and O–H groups in total. The first-order valence-electron chi connectivity index (χ1n) is 6.75. The number of amides is 1. The highest BCUT2D eigenvalue weighted by Crippen LogP contribution is 2.32. The van der Waals surface area contributed by atoms with Gasteiger partial charge < -0.3 is 11.1 Å². The molecule has 20 heavy (non-hydrogen) atoms. The summed E-state index contributed by atoms with van der Waals surface area (Å²) in [5.74, 6) is -0.0508. The van der Waals surface area contributed by atoms with Gasteiger partial charge in [0.05, 0.1) is 6.04 Å². The summed E-state index contributed by atoms with van der Waals surface area (Å²) < 4.78 is 0. The number of hydrogen-bond donors (Lipinski definition) is 2. The van der Waals surface area contributed by atoms with Crippen LogP contribution < -0.4 is 11.1 Å². The molecule has 1 atom stereocenters. The molecule has 1 unspecified atom stereocenters. The number of pyridine rings is 1. The molecule has 0 spiro atoms.